The van der Waals surface area contributed by atoms with Gasteiger partial charge in [0.05, 0.1) is 0 Å². The minimum absolute atomic E-state index is 0.855. The van der Waals surface area contributed by atoms with E-state index in [1.165, 1.54) is 12.8 Å². The Bertz CT molecular complexity index is 169. The molecule has 1 rings (SSSR count). The maximum atomic E-state index is 2.46. The highest BCUT2D eigenvalue weighted by Crippen LogP contribution is 2.50. The van der Waals surface area contributed by atoms with Crippen LogP contribution in [-0.4, -0.2) is 0 Å². The molecule has 0 bridgehead atoms. The van der Waals surface area contributed by atoms with Gasteiger partial charge in [0.2, 0.25) is 0 Å². The molecule has 0 radical (unpaired) electrons. The first-order chi connectivity index (χ1) is 6.43. The van der Waals surface area contributed by atoms with Crippen molar-refractivity contribution in [3.05, 3.63) is 0 Å². The maximum Gasteiger partial charge on any atom is -0.0355 e. The Hall–Kier alpha value is 0. The fraction of sp³-hybridized carbons (Fsp3) is 1.00. The Morgan fingerprint density at radius 1 is 0.929 bits per heavy atom. The first-order valence-corrected chi connectivity index (χ1v) is 6.43. The van der Waals surface area contributed by atoms with Crippen molar-refractivity contribution in [2.45, 2.75) is 54.4 Å². The molecule has 0 heteroatoms. The summed E-state index contributed by atoms with van der Waals surface area (Å²) in [5.74, 6) is 5.73. The van der Waals surface area contributed by atoms with Gasteiger partial charge >= 0.3 is 0 Å². The van der Waals surface area contributed by atoms with Crippen molar-refractivity contribution in [3.8, 4) is 0 Å². The Balaban J connectivity index is 2.27. The lowest BCUT2D eigenvalue weighted by atomic mass is 9.85. The lowest BCUT2D eigenvalue weighted by Crippen LogP contribution is -2.11. The molecule has 1 aliphatic carbocycles. The summed E-state index contributed by atoms with van der Waals surface area (Å²) in [6, 6.07) is 0. The van der Waals surface area contributed by atoms with Crippen LogP contribution < -0.4 is 0 Å². The van der Waals surface area contributed by atoms with Crippen LogP contribution >= 0.6 is 0 Å². The second-order valence-electron chi connectivity index (χ2n) is 6.24. The van der Waals surface area contributed by atoms with Gasteiger partial charge in [-0.05, 0) is 48.3 Å². The largest absolute Gasteiger partial charge is 0.0625 e. The average molecular weight is 196 g/mol. The molecule has 0 heterocycles. The van der Waals surface area contributed by atoms with Crippen molar-refractivity contribution >= 4 is 0 Å². The maximum absolute atomic E-state index is 2.46. The third-order valence-corrected chi connectivity index (χ3v) is 4.36. The zero-order chi connectivity index (χ0) is 10.9. The van der Waals surface area contributed by atoms with Gasteiger partial charge in [0.15, 0.2) is 0 Å². The lowest BCUT2D eigenvalue weighted by molar-refractivity contribution is 0.296. The van der Waals surface area contributed by atoms with E-state index in [-0.39, 0.29) is 0 Å². The number of rotatable bonds is 5. The van der Waals surface area contributed by atoms with Crippen molar-refractivity contribution in [1.29, 1.82) is 0 Å². The van der Waals surface area contributed by atoms with Crippen LogP contribution in [0.2, 0.25) is 0 Å². The molecular formula is C14H28. The minimum atomic E-state index is 0.855. The van der Waals surface area contributed by atoms with Crippen LogP contribution in [0.4, 0.5) is 0 Å². The standard InChI is InChI=1S/C14H28/c1-9(2)11(5)7-12(6)14-8-13(14)10(3)4/h9-14H,7-8H2,1-6H3. The number of hydrogen-bond acceptors (Lipinski definition) is 0. The van der Waals surface area contributed by atoms with Crippen molar-refractivity contribution in [2.75, 3.05) is 0 Å². The second kappa shape index (κ2) is 4.68. The fourth-order valence-corrected chi connectivity index (χ4v) is 2.69. The predicted molar refractivity (Wildman–Crippen MR) is 64.2 cm³/mol. The second-order valence-corrected chi connectivity index (χ2v) is 6.24. The Labute approximate surface area is 90.5 Å². The predicted octanol–water partition coefficient (Wildman–Crippen LogP) is 4.60. The summed E-state index contributed by atoms with van der Waals surface area (Å²) in [5, 5.41) is 0. The molecule has 1 saturated carbocycles. The van der Waals surface area contributed by atoms with Gasteiger partial charge in [-0.25, -0.2) is 0 Å². The third-order valence-electron chi connectivity index (χ3n) is 4.36. The van der Waals surface area contributed by atoms with Gasteiger partial charge in [-0.15, -0.1) is 0 Å². The number of hydrogen-bond donors (Lipinski definition) is 0. The highest BCUT2D eigenvalue weighted by Gasteiger charge is 2.42. The first kappa shape index (κ1) is 12.1. The Morgan fingerprint density at radius 2 is 1.50 bits per heavy atom. The molecule has 0 aromatic rings. The van der Waals surface area contributed by atoms with Gasteiger partial charge in [-0.3, -0.25) is 0 Å². The molecule has 0 spiro atoms. The van der Waals surface area contributed by atoms with Crippen LogP contribution in [0.3, 0.4) is 0 Å². The van der Waals surface area contributed by atoms with Crippen molar-refractivity contribution in [1.82, 2.24) is 0 Å². The monoisotopic (exact) mass is 196 g/mol. The van der Waals surface area contributed by atoms with Crippen LogP contribution in [0.15, 0.2) is 0 Å². The van der Waals surface area contributed by atoms with E-state index in [2.05, 4.69) is 41.5 Å². The van der Waals surface area contributed by atoms with Crippen molar-refractivity contribution < 1.29 is 0 Å². The zero-order valence-electron chi connectivity index (χ0n) is 10.9. The van der Waals surface area contributed by atoms with Crippen LogP contribution in [0.5, 0.6) is 0 Å². The molecule has 0 aromatic carbocycles. The molecule has 0 aliphatic heterocycles. The van der Waals surface area contributed by atoms with Gasteiger partial charge in [0, 0.05) is 0 Å². The zero-order valence-corrected chi connectivity index (χ0v) is 10.9. The first-order valence-electron chi connectivity index (χ1n) is 6.43. The highest BCUT2D eigenvalue weighted by molar-refractivity contribution is 4.91. The van der Waals surface area contributed by atoms with E-state index in [0.717, 1.165) is 35.5 Å². The molecule has 4 atom stereocenters. The van der Waals surface area contributed by atoms with Crippen LogP contribution in [0.25, 0.3) is 0 Å². The molecule has 0 saturated heterocycles. The van der Waals surface area contributed by atoms with Gasteiger partial charge < -0.3 is 0 Å². The van der Waals surface area contributed by atoms with E-state index < -0.39 is 0 Å². The van der Waals surface area contributed by atoms with E-state index in [1.54, 1.807) is 0 Å². The normalized spacial score (nSPS) is 30.9. The van der Waals surface area contributed by atoms with E-state index >= 15 is 0 Å². The molecule has 0 N–H and O–H groups in total. The summed E-state index contributed by atoms with van der Waals surface area (Å²) >= 11 is 0. The smallest absolute Gasteiger partial charge is 0.0355 e. The Morgan fingerprint density at radius 3 is 1.86 bits per heavy atom. The van der Waals surface area contributed by atoms with E-state index in [0.29, 0.717) is 0 Å². The van der Waals surface area contributed by atoms with E-state index in [4.69, 9.17) is 0 Å². The van der Waals surface area contributed by atoms with Crippen molar-refractivity contribution in [2.24, 2.45) is 35.5 Å². The minimum Gasteiger partial charge on any atom is -0.0625 e. The summed E-state index contributed by atoms with van der Waals surface area (Å²) in [4.78, 5) is 0. The average Bonchev–Trinajstić information content (AvgIpc) is 2.81. The quantitative estimate of drug-likeness (QED) is 0.603. The van der Waals surface area contributed by atoms with Gasteiger partial charge in [0.1, 0.15) is 0 Å². The van der Waals surface area contributed by atoms with E-state index in [1.807, 2.05) is 0 Å². The van der Waals surface area contributed by atoms with Crippen LogP contribution in [-0.2, 0) is 0 Å². The molecule has 0 amide bonds. The SMILES string of the molecule is CC(C)C(C)CC(C)C1CC1C(C)C. The topological polar surface area (TPSA) is 0 Å². The van der Waals surface area contributed by atoms with Crippen molar-refractivity contribution in [3.63, 3.8) is 0 Å². The molecule has 84 valence electrons. The summed E-state index contributed by atoms with van der Waals surface area (Å²) in [6.07, 6.45) is 2.94. The summed E-state index contributed by atoms with van der Waals surface area (Å²) in [5.41, 5.74) is 0. The summed E-state index contributed by atoms with van der Waals surface area (Å²) < 4.78 is 0. The molecule has 1 fully saturated rings. The molecule has 4 unspecified atom stereocenters. The summed E-state index contributed by atoms with van der Waals surface area (Å²) in [6.45, 7) is 14.3. The van der Waals surface area contributed by atoms with Crippen LogP contribution in [0, 0.1) is 35.5 Å². The highest BCUT2D eigenvalue weighted by atomic mass is 14.5. The van der Waals surface area contributed by atoms with Gasteiger partial charge in [-0.2, -0.15) is 0 Å². The summed E-state index contributed by atoms with van der Waals surface area (Å²) in [7, 11) is 0. The Kier molecular flexibility index (Phi) is 4.04. The molecule has 14 heavy (non-hydrogen) atoms. The van der Waals surface area contributed by atoms with Crippen LogP contribution in [0.1, 0.15) is 54.4 Å². The van der Waals surface area contributed by atoms with Gasteiger partial charge in [-0.1, -0.05) is 41.5 Å². The van der Waals surface area contributed by atoms with Gasteiger partial charge in [0.25, 0.3) is 0 Å². The fourth-order valence-electron chi connectivity index (χ4n) is 2.69. The third kappa shape index (κ3) is 3.00. The lowest BCUT2D eigenvalue weighted by Gasteiger charge is -2.20. The van der Waals surface area contributed by atoms with E-state index in [9.17, 15) is 0 Å². The molecular weight excluding hydrogens is 168 g/mol. The molecule has 1 aliphatic rings. The molecule has 0 aromatic heterocycles. The molecule has 0 nitrogen and oxygen atoms in total.